The molecule has 81 heavy (non-hydrogen) atoms. The summed E-state index contributed by atoms with van der Waals surface area (Å²) in [7, 11) is 0. The lowest BCUT2D eigenvalue weighted by Crippen LogP contribution is -2.29. The van der Waals surface area contributed by atoms with E-state index < -0.39 is 5.41 Å². The lowest BCUT2D eigenvalue weighted by atomic mass is 9.67. The average Bonchev–Trinajstić information content (AvgIpc) is 4.47. The van der Waals surface area contributed by atoms with Crippen LogP contribution in [-0.2, 0) is 5.41 Å². The van der Waals surface area contributed by atoms with Crippen LogP contribution in [0.4, 0.5) is 34.1 Å². The van der Waals surface area contributed by atoms with Gasteiger partial charge in [0.05, 0.1) is 5.41 Å². The van der Waals surface area contributed by atoms with Crippen LogP contribution in [0.25, 0.3) is 72.9 Å². The van der Waals surface area contributed by atoms with E-state index in [1.165, 1.54) is 44.5 Å². The van der Waals surface area contributed by atoms with Crippen molar-refractivity contribution in [2.45, 2.75) is 19.3 Å². The lowest BCUT2D eigenvalue weighted by molar-refractivity contribution is 0.619. The fourth-order valence-electron chi connectivity index (χ4n) is 11.9. The highest BCUT2D eigenvalue weighted by Gasteiger charge is 2.47. The van der Waals surface area contributed by atoms with Gasteiger partial charge in [0.2, 0.25) is 11.8 Å². The van der Waals surface area contributed by atoms with E-state index in [2.05, 4.69) is 266 Å². The van der Waals surface area contributed by atoms with Gasteiger partial charge in [0.25, 0.3) is 0 Å². The number of hydrogen-bond acceptors (Lipinski definition) is 6. The molecule has 6 nitrogen and oxygen atoms in total. The first-order chi connectivity index (χ1) is 40.0. The van der Waals surface area contributed by atoms with Crippen LogP contribution < -0.4 is 9.80 Å². The second kappa shape index (κ2) is 20.7. The van der Waals surface area contributed by atoms with Crippen molar-refractivity contribution in [1.82, 2.24) is 9.97 Å². The number of oxazole rings is 2. The summed E-state index contributed by atoms with van der Waals surface area (Å²) in [6, 6.07) is 97.5. The largest absolute Gasteiger partial charge is 0.436 e. The highest BCUT2D eigenvalue weighted by molar-refractivity contribution is 5.93. The van der Waals surface area contributed by atoms with Gasteiger partial charge in [-0.15, -0.1) is 0 Å². The molecule has 0 unspecified atom stereocenters. The van der Waals surface area contributed by atoms with Crippen molar-refractivity contribution in [2.75, 3.05) is 9.80 Å². The minimum atomic E-state index is -0.738. The molecule has 0 bridgehead atoms. The molecule has 1 aliphatic carbocycles. The molecule has 0 saturated heterocycles. The SMILES string of the molecule is C/C=C\C(=C/C)c1ccc(N(c2ccc(-c3nc4ccccc4o3)cc2)c2ccc3c(c2)C(c2ccccc2)(c2ccccc2)c2cc(N(c4ccc(-c5ccccc5)cc4)c4ccc(-c5nc6ccccc6o5)cc4)ccc2-3)cc1. The van der Waals surface area contributed by atoms with Crippen LogP contribution in [0.1, 0.15) is 41.7 Å². The number of allylic oxidation sites excluding steroid dienone is 4. The normalized spacial score (nSPS) is 12.7. The number of aromatic nitrogens is 2. The maximum Gasteiger partial charge on any atom is 0.227 e. The van der Waals surface area contributed by atoms with Crippen LogP contribution in [0, 0.1) is 0 Å². The molecule has 0 atom stereocenters. The predicted molar refractivity (Wildman–Crippen MR) is 333 cm³/mol. The zero-order valence-electron chi connectivity index (χ0n) is 44.8. The summed E-state index contributed by atoms with van der Waals surface area (Å²) < 4.78 is 12.5. The van der Waals surface area contributed by atoms with E-state index in [1.54, 1.807) is 0 Å². The third-order valence-corrected chi connectivity index (χ3v) is 15.7. The minimum absolute atomic E-state index is 0.589. The van der Waals surface area contributed by atoms with Crippen molar-refractivity contribution >= 4 is 61.9 Å². The van der Waals surface area contributed by atoms with Crippen LogP contribution in [0.2, 0.25) is 0 Å². The molecule has 0 N–H and O–H groups in total. The number of anilines is 6. The number of hydrogen-bond donors (Lipinski definition) is 0. The van der Waals surface area contributed by atoms with Gasteiger partial charge in [0.15, 0.2) is 11.2 Å². The molecule has 1 aliphatic rings. The van der Waals surface area contributed by atoms with Gasteiger partial charge in [-0.2, -0.15) is 0 Å². The molecule has 2 heterocycles. The van der Waals surface area contributed by atoms with Gasteiger partial charge in [0.1, 0.15) is 11.0 Å². The number of para-hydroxylation sites is 4. The summed E-state index contributed by atoms with van der Waals surface area (Å²) in [5, 5.41) is 0. The molecule has 0 radical (unpaired) electrons. The molecule has 13 aromatic rings. The molecule has 0 saturated carbocycles. The molecule has 11 aromatic carbocycles. The topological polar surface area (TPSA) is 58.5 Å². The van der Waals surface area contributed by atoms with Crippen molar-refractivity contribution in [3.8, 4) is 45.2 Å². The van der Waals surface area contributed by atoms with E-state index in [9.17, 15) is 0 Å². The average molecular weight is 1040 g/mol. The number of benzene rings is 11. The Labute approximate surface area is 471 Å². The van der Waals surface area contributed by atoms with E-state index in [1.807, 2.05) is 48.5 Å². The third kappa shape index (κ3) is 8.71. The Morgan fingerprint density at radius 3 is 1.16 bits per heavy atom. The molecule has 0 spiro atoms. The van der Waals surface area contributed by atoms with Crippen LogP contribution in [0.3, 0.4) is 0 Å². The molecule has 6 heteroatoms. The fourth-order valence-corrected chi connectivity index (χ4v) is 11.9. The molecular formula is C75H54N4O2. The number of rotatable bonds is 13. The molecule has 0 aliphatic heterocycles. The zero-order valence-corrected chi connectivity index (χ0v) is 44.8. The third-order valence-electron chi connectivity index (χ3n) is 15.7. The van der Waals surface area contributed by atoms with Crippen molar-refractivity contribution in [3.05, 3.63) is 319 Å². The molecule has 0 fully saturated rings. The molecule has 2 aromatic heterocycles. The van der Waals surface area contributed by atoms with E-state index in [4.69, 9.17) is 18.8 Å². The van der Waals surface area contributed by atoms with Crippen molar-refractivity contribution in [3.63, 3.8) is 0 Å². The number of nitrogens with zero attached hydrogens (tertiary/aromatic N) is 4. The van der Waals surface area contributed by atoms with Gasteiger partial charge in [-0.1, -0.05) is 170 Å². The van der Waals surface area contributed by atoms with Crippen molar-refractivity contribution in [1.29, 1.82) is 0 Å². The summed E-state index contributed by atoms with van der Waals surface area (Å²) in [5.74, 6) is 1.18. The second-order valence-electron chi connectivity index (χ2n) is 20.4. The Morgan fingerprint density at radius 2 is 0.741 bits per heavy atom. The predicted octanol–water partition coefficient (Wildman–Crippen LogP) is 20.3. The van der Waals surface area contributed by atoms with E-state index in [0.29, 0.717) is 11.8 Å². The molecule has 14 rings (SSSR count). The smallest absolute Gasteiger partial charge is 0.227 e. The zero-order chi connectivity index (χ0) is 54.3. The molecule has 0 amide bonds. The first-order valence-corrected chi connectivity index (χ1v) is 27.5. The Balaban J connectivity index is 0.943. The maximum absolute atomic E-state index is 6.26. The summed E-state index contributed by atoms with van der Waals surface area (Å²) in [6.45, 7) is 4.15. The second-order valence-corrected chi connectivity index (χ2v) is 20.4. The van der Waals surface area contributed by atoms with Crippen LogP contribution in [0.5, 0.6) is 0 Å². The van der Waals surface area contributed by atoms with E-state index in [0.717, 1.165) is 78.6 Å². The molecular weight excluding hydrogens is 989 g/mol. The Morgan fingerprint density at radius 1 is 0.370 bits per heavy atom. The standard InChI is InChI=1S/C75H54N4O2/c1-3-18-51(4-2)53-29-37-59(38-30-53)78(61-41-33-55(34-42-61)73-76-69-25-14-16-27-71(69)80-73)63-45-47-65-66-48-46-64(50-68(66)75(67(65)49-63,57-21-10-6-11-22-57)58-23-12-7-13-24-58)79(60-39-31-54(32-40-60)52-19-8-5-9-20-52)62-43-35-56(36-44-62)74-77-70-26-15-17-28-72(70)81-74/h3-50H,1-2H3/b18-3-,51-4+. The highest BCUT2D eigenvalue weighted by atomic mass is 16.4. The Kier molecular flexibility index (Phi) is 12.4. The van der Waals surface area contributed by atoms with Gasteiger partial charge in [-0.3, -0.25) is 0 Å². The summed E-state index contributed by atoms with van der Waals surface area (Å²) >= 11 is 0. The first kappa shape index (κ1) is 48.8. The van der Waals surface area contributed by atoms with Gasteiger partial charge in [-0.25, -0.2) is 9.97 Å². The van der Waals surface area contributed by atoms with Crippen LogP contribution in [-0.4, -0.2) is 9.97 Å². The van der Waals surface area contributed by atoms with Gasteiger partial charge in [-0.05, 0) is 191 Å². The quantitative estimate of drug-likeness (QED) is 0.107. The van der Waals surface area contributed by atoms with Crippen LogP contribution >= 0.6 is 0 Å². The minimum Gasteiger partial charge on any atom is -0.436 e. The van der Waals surface area contributed by atoms with E-state index in [-0.39, 0.29) is 0 Å². The van der Waals surface area contributed by atoms with Crippen LogP contribution in [0.15, 0.2) is 300 Å². The lowest BCUT2D eigenvalue weighted by Gasteiger charge is -2.35. The first-order valence-electron chi connectivity index (χ1n) is 27.5. The summed E-state index contributed by atoms with van der Waals surface area (Å²) in [5.41, 5.74) is 22.1. The monoisotopic (exact) mass is 1040 g/mol. The van der Waals surface area contributed by atoms with Gasteiger partial charge in [0, 0.05) is 45.3 Å². The van der Waals surface area contributed by atoms with E-state index >= 15 is 0 Å². The summed E-state index contributed by atoms with van der Waals surface area (Å²) in [6.07, 6.45) is 6.41. The number of fused-ring (bicyclic) bond motifs is 5. The maximum atomic E-state index is 6.26. The Bertz CT molecular complexity index is 4340. The highest BCUT2D eigenvalue weighted by Crippen LogP contribution is 2.58. The fraction of sp³-hybridized carbons (Fsp3) is 0.0400. The van der Waals surface area contributed by atoms with Gasteiger partial charge < -0.3 is 18.6 Å². The van der Waals surface area contributed by atoms with Gasteiger partial charge >= 0.3 is 0 Å². The van der Waals surface area contributed by atoms with Crippen molar-refractivity contribution < 1.29 is 8.83 Å². The summed E-state index contributed by atoms with van der Waals surface area (Å²) in [4.78, 5) is 14.4. The molecule has 386 valence electrons. The van der Waals surface area contributed by atoms with Crippen molar-refractivity contribution in [2.24, 2.45) is 0 Å². The Hall–Kier alpha value is -10.6.